The average Bonchev–Trinajstić information content (AvgIpc) is 3.02. The van der Waals surface area contributed by atoms with Crippen molar-refractivity contribution >= 4 is 50.8 Å². The number of para-hydroxylation sites is 1. The van der Waals surface area contributed by atoms with Gasteiger partial charge in [-0.25, -0.2) is 9.97 Å². The standard InChI is InChI=1S/C21H22N4O2S2/c1-11-7-8-14-16(9-11)29-21(18(14)19(22)27)25-17(26)10-28-20-13-5-3-4-6-15(13)23-12(2)24-20/h3-6,11H,7-10H2,1-2H3,(H2,22,27)(H,25,26). The highest BCUT2D eigenvalue weighted by molar-refractivity contribution is 8.00. The van der Waals surface area contributed by atoms with Gasteiger partial charge >= 0.3 is 0 Å². The second-order valence-corrected chi connectivity index (χ2v) is 9.42. The minimum atomic E-state index is -0.475. The lowest BCUT2D eigenvalue weighted by atomic mass is 9.88. The van der Waals surface area contributed by atoms with Crippen molar-refractivity contribution in [2.45, 2.75) is 38.1 Å². The molecule has 0 spiro atoms. The zero-order valence-electron chi connectivity index (χ0n) is 16.3. The number of primary amides is 1. The van der Waals surface area contributed by atoms with Crippen molar-refractivity contribution < 1.29 is 9.59 Å². The van der Waals surface area contributed by atoms with Gasteiger partial charge in [0.1, 0.15) is 15.9 Å². The number of thioether (sulfide) groups is 1. The van der Waals surface area contributed by atoms with E-state index in [1.54, 1.807) is 0 Å². The van der Waals surface area contributed by atoms with Crippen LogP contribution < -0.4 is 11.1 Å². The molecule has 3 N–H and O–H groups in total. The predicted octanol–water partition coefficient (Wildman–Crippen LogP) is 3.95. The number of aryl methyl sites for hydroxylation is 1. The first-order chi connectivity index (χ1) is 13.9. The number of aromatic nitrogens is 2. The summed E-state index contributed by atoms with van der Waals surface area (Å²) in [5.74, 6) is 0.789. The second kappa shape index (κ2) is 8.12. The Bertz CT molecular complexity index is 1110. The minimum Gasteiger partial charge on any atom is -0.365 e. The molecular weight excluding hydrogens is 404 g/mol. The molecule has 0 saturated heterocycles. The minimum absolute atomic E-state index is 0.176. The number of nitrogens with zero attached hydrogens (tertiary/aromatic N) is 2. The van der Waals surface area contributed by atoms with Gasteiger partial charge in [-0.15, -0.1) is 11.3 Å². The molecule has 8 heteroatoms. The maximum absolute atomic E-state index is 12.6. The Morgan fingerprint density at radius 2 is 2.10 bits per heavy atom. The maximum atomic E-state index is 12.6. The molecule has 1 aliphatic carbocycles. The van der Waals surface area contributed by atoms with E-state index < -0.39 is 5.91 Å². The molecule has 0 fully saturated rings. The second-order valence-electron chi connectivity index (χ2n) is 7.35. The van der Waals surface area contributed by atoms with E-state index in [1.807, 2.05) is 31.2 Å². The molecule has 4 rings (SSSR count). The van der Waals surface area contributed by atoms with E-state index in [1.165, 1.54) is 23.1 Å². The molecule has 0 saturated carbocycles. The van der Waals surface area contributed by atoms with E-state index in [2.05, 4.69) is 22.2 Å². The third kappa shape index (κ3) is 4.13. The molecule has 1 unspecified atom stereocenters. The zero-order chi connectivity index (χ0) is 20.5. The van der Waals surface area contributed by atoms with Gasteiger partial charge in [0.2, 0.25) is 5.91 Å². The molecule has 1 aromatic carbocycles. The van der Waals surface area contributed by atoms with Gasteiger partial charge in [0.15, 0.2) is 0 Å². The van der Waals surface area contributed by atoms with E-state index in [0.717, 1.165) is 45.6 Å². The molecule has 2 aromatic heterocycles. The van der Waals surface area contributed by atoms with Gasteiger partial charge in [-0.05, 0) is 43.7 Å². The smallest absolute Gasteiger partial charge is 0.251 e. The highest BCUT2D eigenvalue weighted by atomic mass is 32.2. The van der Waals surface area contributed by atoms with Crippen molar-refractivity contribution in [1.82, 2.24) is 9.97 Å². The molecule has 0 aliphatic heterocycles. The number of nitrogens with two attached hydrogens (primary N) is 1. The van der Waals surface area contributed by atoms with Gasteiger partial charge in [0.05, 0.1) is 16.8 Å². The third-order valence-electron chi connectivity index (χ3n) is 5.03. The van der Waals surface area contributed by atoms with Crippen LogP contribution in [0.3, 0.4) is 0 Å². The third-order valence-corrected chi connectivity index (χ3v) is 7.19. The molecule has 2 amide bonds. The summed E-state index contributed by atoms with van der Waals surface area (Å²) in [6.45, 7) is 4.04. The Balaban J connectivity index is 1.52. The van der Waals surface area contributed by atoms with Gasteiger partial charge in [-0.3, -0.25) is 9.59 Å². The summed E-state index contributed by atoms with van der Waals surface area (Å²) < 4.78 is 0. The Morgan fingerprint density at radius 3 is 2.90 bits per heavy atom. The van der Waals surface area contributed by atoms with Crippen LogP contribution in [0.25, 0.3) is 10.9 Å². The summed E-state index contributed by atoms with van der Waals surface area (Å²) >= 11 is 2.85. The fraction of sp³-hybridized carbons (Fsp3) is 0.333. The highest BCUT2D eigenvalue weighted by Crippen LogP contribution is 2.39. The van der Waals surface area contributed by atoms with E-state index in [9.17, 15) is 9.59 Å². The number of rotatable bonds is 5. The maximum Gasteiger partial charge on any atom is 0.251 e. The van der Waals surface area contributed by atoms with Crippen LogP contribution >= 0.6 is 23.1 Å². The number of carbonyl (C=O) groups excluding carboxylic acids is 2. The molecule has 0 radical (unpaired) electrons. The lowest BCUT2D eigenvalue weighted by molar-refractivity contribution is -0.113. The molecule has 29 heavy (non-hydrogen) atoms. The Morgan fingerprint density at radius 1 is 1.31 bits per heavy atom. The first-order valence-electron chi connectivity index (χ1n) is 9.52. The molecule has 1 aliphatic rings. The summed E-state index contributed by atoms with van der Waals surface area (Å²) in [5.41, 5.74) is 7.99. The lowest BCUT2D eigenvalue weighted by Crippen LogP contribution is -2.20. The quantitative estimate of drug-likeness (QED) is 0.475. The van der Waals surface area contributed by atoms with Crippen molar-refractivity contribution in [2.75, 3.05) is 11.1 Å². The zero-order valence-corrected chi connectivity index (χ0v) is 18.0. The van der Waals surface area contributed by atoms with Crippen LogP contribution in [0.5, 0.6) is 0 Å². The number of anilines is 1. The number of carbonyl (C=O) groups is 2. The SMILES string of the molecule is Cc1nc(SCC(=O)Nc2sc3c(c2C(N)=O)CCC(C)C3)c2ccccc2n1. The van der Waals surface area contributed by atoms with Crippen molar-refractivity contribution in [1.29, 1.82) is 0 Å². The van der Waals surface area contributed by atoms with Crippen LogP contribution in [-0.2, 0) is 17.6 Å². The summed E-state index contributed by atoms with van der Waals surface area (Å²) in [6, 6.07) is 7.75. The number of hydrogen-bond acceptors (Lipinski definition) is 6. The number of amides is 2. The van der Waals surface area contributed by atoms with Crippen LogP contribution in [0.15, 0.2) is 29.3 Å². The molecule has 0 bridgehead atoms. The molecular formula is C21H22N4O2S2. The van der Waals surface area contributed by atoms with Crippen LogP contribution in [0, 0.1) is 12.8 Å². The fourth-order valence-electron chi connectivity index (χ4n) is 3.66. The van der Waals surface area contributed by atoms with Crippen LogP contribution in [0.4, 0.5) is 5.00 Å². The molecule has 150 valence electrons. The summed E-state index contributed by atoms with van der Waals surface area (Å²) in [6.07, 6.45) is 2.80. The number of benzene rings is 1. The summed E-state index contributed by atoms with van der Waals surface area (Å²) in [7, 11) is 0. The Kier molecular flexibility index (Phi) is 5.56. The Labute approximate surface area is 177 Å². The topological polar surface area (TPSA) is 98.0 Å². The monoisotopic (exact) mass is 426 g/mol. The van der Waals surface area contributed by atoms with Crippen molar-refractivity contribution in [3.05, 3.63) is 46.1 Å². The average molecular weight is 427 g/mol. The molecule has 6 nitrogen and oxygen atoms in total. The van der Waals surface area contributed by atoms with Gasteiger partial charge < -0.3 is 11.1 Å². The molecule has 1 atom stereocenters. The van der Waals surface area contributed by atoms with Crippen molar-refractivity contribution in [3.63, 3.8) is 0 Å². The number of hydrogen-bond donors (Lipinski definition) is 2. The highest BCUT2D eigenvalue weighted by Gasteiger charge is 2.27. The molecule has 2 heterocycles. The Hall–Kier alpha value is -2.45. The fourth-order valence-corrected chi connectivity index (χ4v) is 5.96. The lowest BCUT2D eigenvalue weighted by Gasteiger charge is -2.18. The van der Waals surface area contributed by atoms with E-state index >= 15 is 0 Å². The van der Waals surface area contributed by atoms with E-state index in [0.29, 0.717) is 22.3 Å². The molecule has 3 aromatic rings. The van der Waals surface area contributed by atoms with Gasteiger partial charge in [0, 0.05) is 10.3 Å². The largest absolute Gasteiger partial charge is 0.365 e. The van der Waals surface area contributed by atoms with Crippen molar-refractivity contribution in [3.8, 4) is 0 Å². The summed E-state index contributed by atoms with van der Waals surface area (Å²) in [4.78, 5) is 34.8. The number of thiophene rings is 1. The van der Waals surface area contributed by atoms with Gasteiger partial charge in [0.25, 0.3) is 5.91 Å². The van der Waals surface area contributed by atoms with E-state index in [4.69, 9.17) is 5.73 Å². The first-order valence-corrected chi connectivity index (χ1v) is 11.3. The van der Waals surface area contributed by atoms with Gasteiger partial charge in [-0.2, -0.15) is 0 Å². The van der Waals surface area contributed by atoms with Gasteiger partial charge in [-0.1, -0.05) is 36.9 Å². The van der Waals surface area contributed by atoms with Crippen LogP contribution in [0.2, 0.25) is 0 Å². The van der Waals surface area contributed by atoms with Crippen LogP contribution in [-0.4, -0.2) is 27.5 Å². The first kappa shape index (κ1) is 19.8. The van der Waals surface area contributed by atoms with Crippen molar-refractivity contribution in [2.24, 2.45) is 11.7 Å². The number of fused-ring (bicyclic) bond motifs is 2. The van der Waals surface area contributed by atoms with Crippen LogP contribution in [0.1, 0.15) is 40.0 Å². The predicted molar refractivity (Wildman–Crippen MR) is 118 cm³/mol. The summed E-state index contributed by atoms with van der Waals surface area (Å²) in [5, 5.41) is 5.19. The normalized spacial score (nSPS) is 15.9. The number of nitrogens with one attached hydrogen (secondary N) is 1. The van der Waals surface area contributed by atoms with E-state index in [-0.39, 0.29) is 11.7 Å².